The number of phenolic OH excluding ortho intramolecular Hbond substituents is 1. The van der Waals surface area contributed by atoms with E-state index in [1.165, 1.54) is 36.6 Å². The van der Waals surface area contributed by atoms with Crippen LogP contribution in [0.25, 0.3) is 11.3 Å². The summed E-state index contributed by atoms with van der Waals surface area (Å²) in [4.78, 5) is 17.2. The molecular weight excluding hydrogens is 443 g/mol. The first-order valence-electron chi connectivity index (χ1n) is 9.83. The summed E-state index contributed by atoms with van der Waals surface area (Å²) in [5, 5.41) is 17.7. The number of halogens is 1. The average molecular weight is 463 g/mol. The number of methoxy groups -OCH3 is 1. The molecule has 0 saturated carbocycles. The van der Waals surface area contributed by atoms with Crippen LogP contribution in [0.1, 0.15) is 15.9 Å². The summed E-state index contributed by atoms with van der Waals surface area (Å²) in [5.41, 5.74) is 5.20. The fraction of sp³-hybridized carbons (Fsp3) is 0.0417. The van der Waals surface area contributed by atoms with Gasteiger partial charge in [-0.15, -0.1) is 0 Å². The van der Waals surface area contributed by atoms with Crippen LogP contribution in [0.2, 0.25) is 0 Å². The van der Waals surface area contributed by atoms with Gasteiger partial charge < -0.3 is 15.2 Å². The Morgan fingerprint density at radius 3 is 2.61 bits per heavy atom. The Hall–Kier alpha value is -4.24. The third-order valence-corrected chi connectivity index (χ3v) is 5.46. The van der Waals surface area contributed by atoms with Crippen molar-refractivity contribution in [3.8, 4) is 22.8 Å². The topological polar surface area (TPSA) is 95.8 Å². The van der Waals surface area contributed by atoms with Crippen LogP contribution in [0.15, 0.2) is 77.9 Å². The van der Waals surface area contributed by atoms with Gasteiger partial charge in [0.1, 0.15) is 16.5 Å². The molecule has 0 bridgehead atoms. The Balaban J connectivity index is 1.59. The molecule has 0 saturated heterocycles. The fourth-order valence-corrected chi connectivity index (χ4v) is 3.79. The monoisotopic (exact) mass is 462 g/mol. The highest BCUT2D eigenvalue weighted by atomic mass is 32.1. The van der Waals surface area contributed by atoms with Gasteiger partial charge in [0, 0.05) is 11.1 Å². The molecular formula is C24H19FN4O3S. The van der Waals surface area contributed by atoms with Gasteiger partial charge in [0.15, 0.2) is 11.5 Å². The smallest absolute Gasteiger partial charge is 0.256 e. The summed E-state index contributed by atoms with van der Waals surface area (Å²) in [5.74, 6) is -0.284. The number of benzene rings is 3. The Bertz CT molecular complexity index is 1290. The molecule has 1 aromatic heterocycles. The average Bonchev–Trinajstić information content (AvgIpc) is 3.23. The van der Waals surface area contributed by atoms with Crippen LogP contribution in [-0.4, -0.2) is 29.3 Å². The van der Waals surface area contributed by atoms with Crippen LogP contribution in [0, 0.1) is 5.82 Å². The second-order valence-electron chi connectivity index (χ2n) is 6.83. The lowest BCUT2D eigenvalue weighted by Gasteiger charge is -2.05. The van der Waals surface area contributed by atoms with E-state index in [-0.39, 0.29) is 17.5 Å². The number of anilines is 2. The Morgan fingerprint density at radius 1 is 1.12 bits per heavy atom. The van der Waals surface area contributed by atoms with Gasteiger partial charge in [0.2, 0.25) is 5.13 Å². The fourth-order valence-electron chi connectivity index (χ4n) is 2.96. The number of nitrogens with zero attached hydrogens (tertiary/aromatic N) is 2. The molecule has 7 nitrogen and oxygen atoms in total. The molecule has 0 unspecified atom stereocenters. The van der Waals surface area contributed by atoms with Crippen LogP contribution in [0.5, 0.6) is 11.5 Å². The quantitative estimate of drug-likeness (QED) is 0.254. The molecule has 0 aliphatic heterocycles. The number of aromatic nitrogens is 1. The number of carbonyl (C=O) groups excluding carboxylic acids is 1. The summed E-state index contributed by atoms with van der Waals surface area (Å²) in [6.45, 7) is 0. The molecule has 0 spiro atoms. The molecule has 0 atom stereocenters. The molecule has 0 aliphatic rings. The highest BCUT2D eigenvalue weighted by Crippen LogP contribution is 2.36. The van der Waals surface area contributed by atoms with Crippen molar-refractivity contribution in [3.05, 3.63) is 89.7 Å². The van der Waals surface area contributed by atoms with Gasteiger partial charge in [-0.2, -0.15) is 5.10 Å². The van der Waals surface area contributed by atoms with Gasteiger partial charge in [-0.3, -0.25) is 10.2 Å². The van der Waals surface area contributed by atoms with Crippen molar-refractivity contribution in [1.82, 2.24) is 4.98 Å². The van der Waals surface area contributed by atoms with Crippen molar-refractivity contribution in [1.29, 1.82) is 0 Å². The maximum atomic E-state index is 13.4. The molecule has 1 amide bonds. The van der Waals surface area contributed by atoms with Gasteiger partial charge in [-0.25, -0.2) is 9.37 Å². The minimum atomic E-state index is -0.365. The number of amides is 1. The lowest BCUT2D eigenvalue weighted by atomic mass is 10.1. The van der Waals surface area contributed by atoms with Crippen molar-refractivity contribution in [2.45, 2.75) is 0 Å². The number of rotatable bonds is 7. The zero-order valence-electron chi connectivity index (χ0n) is 17.4. The Kier molecular flexibility index (Phi) is 6.61. The minimum absolute atomic E-state index is 0.0327. The van der Waals surface area contributed by atoms with Crippen molar-refractivity contribution in [3.63, 3.8) is 0 Å². The van der Waals surface area contributed by atoms with E-state index in [0.29, 0.717) is 38.3 Å². The van der Waals surface area contributed by atoms with E-state index in [0.717, 1.165) is 0 Å². The third-order valence-electron chi connectivity index (χ3n) is 4.59. The largest absolute Gasteiger partial charge is 0.504 e. The molecule has 0 aliphatic carbocycles. The van der Waals surface area contributed by atoms with Crippen LogP contribution < -0.4 is 15.5 Å². The van der Waals surface area contributed by atoms with Crippen LogP contribution >= 0.6 is 11.3 Å². The SMILES string of the molecule is COc1cc(/C=N/Nc2nc(-c3ccc(F)cc3)c(NC(=O)c3ccccc3)s2)ccc1O. The molecule has 33 heavy (non-hydrogen) atoms. The Labute approximate surface area is 193 Å². The maximum Gasteiger partial charge on any atom is 0.256 e. The summed E-state index contributed by atoms with van der Waals surface area (Å²) in [6, 6.07) is 19.5. The van der Waals surface area contributed by atoms with Crippen molar-refractivity contribution in [2.75, 3.05) is 17.9 Å². The predicted molar refractivity (Wildman–Crippen MR) is 128 cm³/mol. The summed E-state index contributed by atoms with van der Waals surface area (Å²) in [7, 11) is 1.46. The van der Waals surface area contributed by atoms with E-state index in [1.807, 2.05) is 6.07 Å². The number of ether oxygens (including phenoxy) is 1. The molecule has 4 rings (SSSR count). The number of nitrogens with one attached hydrogen (secondary N) is 2. The normalized spacial score (nSPS) is 10.8. The van der Waals surface area contributed by atoms with Crippen LogP contribution in [0.4, 0.5) is 14.5 Å². The molecule has 166 valence electrons. The van der Waals surface area contributed by atoms with E-state index < -0.39 is 0 Å². The number of hydrogen-bond donors (Lipinski definition) is 3. The van der Waals surface area contributed by atoms with E-state index in [2.05, 4.69) is 20.8 Å². The lowest BCUT2D eigenvalue weighted by Crippen LogP contribution is -2.11. The second kappa shape index (κ2) is 9.92. The first-order chi connectivity index (χ1) is 16.0. The number of carbonyl (C=O) groups is 1. The van der Waals surface area contributed by atoms with E-state index >= 15 is 0 Å². The van der Waals surface area contributed by atoms with Gasteiger partial charge in [-0.1, -0.05) is 29.5 Å². The number of phenols is 1. The van der Waals surface area contributed by atoms with Crippen LogP contribution in [0.3, 0.4) is 0 Å². The molecule has 4 aromatic rings. The standard InChI is InChI=1S/C24H19FN4O3S/c1-32-20-13-15(7-12-19(20)30)14-26-29-24-27-21(16-8-10-18(25)11-9-16)23(33-24)28-22(31)17-5-3-2-4-6-17/h2-14,30H,1H3,(H,27,29)(H,28,31)/b26-14+. The highest BCUT2D eigenvalue weighted by Gasteiger charge is 2.16. The van der Waals surface area contributed by atoms with Gasteiger partial charge >= 0.3 is 0 Å². The first kappa shape index (κ1) is 22.0. The number of hydrazone groups is 1. The van der Waals surface area contributed by atoms with Crippen molar-refractivity contribution in [2.24, 2.45) is 5.10 Å². The summed E-state index contributed by atoms with van der Waals surface area (Å²) >= 11 is 1.20. The van der Waals surface area contributed by atoms with Crippen molar-refractivity contribution < 1.29 is 19.0 Å². The van der Waals surface area contributed by atoms with Gasteiger partial charge in [-0.05, 0) is 60.2 Å². The highest BCUT2D eigenvalue weighted by molar-refractivity contribution is 7.20. The summed E-state index contributed by atoms with van der Waals surface area (Å²) < 4.78 is 18.5. The maximum absolute atomic E-state index is 13.4. The number of aromatic hydroxyl groups is 1. The molecule has 3 N–H and O–H groups in total. The van der Waals surface area contributed by atoms with Gasteiger partial charge in [0.05, 0.1) is 13.3 Å². The molecule has 1 heterocycles. The lowest BCUT2D eigenvalue weighted by molar-refractivity contribution is 0.102. The molecule has 0 radical (unpaired) electrons. The second-order valence-corrected chi connectivity index (χ2v) is 7.82. The van der Waals surface area contributed by atoms with E-state index in [4.69, 9.17) is 4.74 Å². The summed E-state index contributed by atoms with van der Waals surface area (Å²) in [6.07, 6.45) is 1.54. The molecule has 0 fully saturated rings. The zero-order chi connectivity index (χ0) is 23.2. The first-order valence-corrected chi connectivity index (χ1v) is 10.6. The third kappa shape index (κ3) is 5.34. The number of thiazole rings is 1. The Morgan fingerprint density at radius 2 is 1.88 bits per heavy atom. The molecule has 9 heteroatoms. The van der Waals surface area contributed by atoms with E-state index in [9.17, 15) is 14.3 Å². The molecule has 3 aromatic carbocycles. The predicted octanol–water partition coefficient (Wildman–Crippen LogP) is 5.36. The number of hydrogen-bond acceptors (Lipinski definition) is 7. The zero-order valence-corrected chi connectivity index (χ0v) is 18.3. The van der Waals surface area contributed by atoms with Gasteiger partial charge in [0.25, 0.3) is 5.91 Å². The van der Waals surface area contributed by atoms with Crippen LogP contribution in [-0.2, 0) is 0 Å². The minimum Gasteiger partial charge on any atom is -0.504 e. The van der Waals surface area contributed by atoms with E-state index in [1.54, 1.807) is 54.7 Å². The van der Waals surface area contributed by atoms with Crippen molar-refractivity contribution >= 4 is 33.6 Å².